The summed E-state index contributed by atoms with van der Waals surface area (Å²) in [7, 11) is 0. The summed E-state index contributed by atoms with van der Waals surface area (Å²) in [6.07, 6.45) is 5.07. The van der Waals surface area contributed by atoms with Gasteiger partial charge in [-0.05, 0) is 72.1 Å². The molecule has 4 rings (SSSR count). The minimum atomic E-state index is -1.88. The van der Waals surface area contributed by atoms with Gasteiger partial charge in [0, 0.05) is 17.6 Å². The third-order valence-electron chi connectivity index (χ3n) is 9.16. The third kappa shape index (κ3) is 4.05. The molecule has 1 aliphatic heterocycles. The fraction of sp³-hybridized carbons (Fsp3) is 0.545. The van der Waals surface area contributed by atoms with Crippen LogP contribution in [0.5, 0.6) is 0 Å². The predicted molar refractivity (Wildman–Crippen MR) is 148 cm³/mol. The lowest BCUT2D eigenvalue weighted by atomic mass is 9.39. The Kier molecular flexibility index (Phi) is 7.01. The van der Waals surface area contributed by atoms with Crippen LogP contribution in [0.2, 0.25) is 0 Å². The SMILES string of the molecule is CC(C)=CCC1=C2O[C@@H](C(C)(C)O)C[C@]23C[C@@H](CC=C(C)C)C(C)(C)[C@@](C(=O)c2ccccc2)(C1=O)C3=O. The number of carbonyl (C=O) groups excluding carboxylic acids is 3. The number of carbonyl (C=O) groups is 3. The van der Waals surface area contributed by atoms with Crippen molar-refractivity contribution in [2.45, 2.75) is 92.8 Å². The first-order valence-corrected chi connectivity index (χ1v) is 13.7. The van der Waals surface area contributed by atoms with E-state index in [-0.39, 0.29) is 24.5 Å². The highest BCUT2D eigenvalue weighted by Gasteiger charge is 2.77. The van der Waals surface area contributed by atoms with Gasteiger partial charge in [0.15, 0.2) is 22.8 Å². The number of fused-ring (bicyclic) bond motifs is 1. The van der Waals surface area contributed by atoms with Crippen molar-refractivity contribution in [2.24, 2.45) is 22.2 Å². The molecule has 0 amide bonds. The summed E-state index contributed by atoms with van der Waals surface area (Å²) in [6, 6.07) is 8.74. The Labute approximate surface area is 227 Å². The Morgan fingerprint density at radius 2 is 1.63 bits per heavy atom. The van der Waals surface area contributed by atoms with Crippen LogP contribution in [-0.2, 0) is 14.3 Å². The van der Waals surface area contributed by atoms with Gasteiger partial charge in [-0.15, -0.1) is 0 Å². The summed E-state index contributed by atoms with van der Waals surface area (Å²) in [5.74, 6) is -0.977. The lowest BCUT2D eigenvalue weighted by molar-refractivity contribution is -0.162. The van der Waals surface area contributed by atoms with E-state index < -0.39 is 39.5 Å². The molecule has 1 heterocycles. The molecule has 38 heavy (non-hydrogen) atoms. The van der Waals surface area contributed by atoms with Crippen molar-refractivity contribution >= 4 is 17.3 Å². The molecule has 1 aromatic carbocycles. The number of aliphatic hydroxyl groups is 1. The molecule has 5 heteroatoms. The topological polar surface area (TPSA) is 80.7 Å². The van der Waals surface area contributed by atoms with Gasteiger partial charge in [-0.25, -0.2) is 0 Å². The zero-order chi connectivity index (χ0) is 28.3. The molecule has 1 N–H and O–H groups in total. The maximum absolute atomic E-state index is 14.9. The van der Waals surface area contributed by atoms with E-state index in [9.17, 15) is 19.5 Å². The van der Waals surface area contributed by atoms with Crippen LogP contribution in [-0.4, -0.2) is 34.2 Å². The van der Waals surface area contributed by atoms with E-state index in [0.717, 1.165) is 11.1 Å². The lowest BCUT2D eigenvalue weighted by Gasteiger charge is -2.58. The molecule has 1 aromatic rings. The summed E-state index contributed by atoms with van der Waals surface area (Å²) in [4.78, 5) is 44.4. The first-order valence-electron chi connectivity index (χ1n) is 13.7. The molecular weight excluding hydrogens is 476 g/mol. The second-order valence-corrected chi connectivity index (χ2v) is 13.1. The Morgan fingerprint density at radius 3 is 2.18 bits per heavy atom. The van der Waals surface area contributed by atoms with E-state index in [4.69, 9.17) is 4.74 Å². The Hall–Kier alpha value is -2.79. The molecule has 2 aliphatic carbocycles. The van der Waals surface area contributed by atoms with E-state index in [2.05, 4.69) is 6.08 Å². The lowest BCUT2D eigenvalue weighted by Crippen LogP contribution is -2.69. The molecule has 2 bridgehead atoms. The number of ketones is 3. The fourth-order valence-corrected chi connectivity index (χ4v) is 6.84. The van der Waals surface area contributed by atoms with Gasteiger partial charge in [0.1, 0.15) is 11.9 Å². The van der Waals surface area contributed by atoms with Crippen molar-refractivity contribution in [1.82, 2.24) is 0 Å². The number of rotatable bonds is 7. The first kappa shape index (κ1) is 28.2. The van der Waals surface area contributed by atoms with Crippen molar-refractivity contribution in [2.75, 3.05) is 0 Å². The van der Waals surface area contributed by atoms with Crippen LogP contribution in [0.1, 0.15) is 91.4 Å². The summed E-state index contributed by atoms with van der Waals surface area (Å²) < 4.78 is 6.40. The van der Waals surface area contributed by atoms with Crippen molar-refractivity contribution < 1.29 is 24.2 Å². The van der Waals surface area contributed by atoms with Crippen LogP contribution in [0, 0.1) is 22.2 Å². The van der Waals surface area contributed by atoms with Gasteiger partial charge in [0.2, 0.25) is 0 Å². The van der Waals surface area contributed by atoms with Crippen molar-refractivity contribution in [3.05, 3.63) is 70.5 Å². The molecular formula is C33H42O5. The van der Waals surface area contributed by atoms with Gasteiger partial charge in [0.25, 0.3) is 0 Å². The second-order valence-electron chi connectivity index (χ2n) is 13.1. The van der Waals surface area contributed by atoms with Gasteiger partial charge >= 0.3 is 0 Å². The highest BCUT2D eigenvalue weighted by molar-refractivity contribution is 6.36. The number of Topliss-reactive ketones (excluding diaryl/α,β-unsaturated/α-hetero) is 3. The van der Waals surface area contributed by atoms with E-state index in [1.807, 2.05) is 53.7 Å². The average Bonchev–Trinajstić information content (AvgIpc) is 3.22. The summed E-state index contributed by atoms with van der Waals surface area (Å²) in [5.41, 5.74) is -2.24. The van der Waals surface area contributed by atoms with Crippen molar-refractivity contribution in [3.8, 4) is 0 Å². The van der Waals surface area contributed by atoms with Gasteiger partial charge < -0.3 is 9.84 Å². The van der Waals surface area contributed by atoms with Crippen LogP contribution in [0.4, 0.5) is 0 Å². The Morgan fingerprint density at radius 1 is 1.03 bits per heavy atom. The quantitative estimate of drug-likeness (QED) is 0.251. The molecule has 0 radical (unpaired) electrons. The minimum absolute atomic E-state index is 0.129. The highest BCUT2D eigenvalue weighted by atomic mass is 16.5. The molecule has 3 aliphatic rings. The normalized spacial score (nSPS) is 29.9. The second kappa shape index (κ2) is 9.44. The average molecular weight is 519 g/mol. The Balaban J connectivity index is 2.07. The van der Waals surface area contributed by atoms with Crippen LogP contribution in [0.15, 0.2) is 65.0 Å². The molecule has 204 valence electrons. The highest BCUT2D eigenvalue weighted by Crippen LogP contribution is 2.68. The van der Waals surface area contributed by atoms with E-state index >= 15 is 0 Å². The van der Waals surface area contributed by atoms with Crippen LogP contribution >= 0.6 is 0 Å². The van der Waals surface area contributed by atoms with Crippen LogP contribution < -0.4 is 0 Å². The summed E-state index contributed by atoms with van der Waals surface area (Å²) in [6.45, 7) is 15.2. The molecule has 0 aromatic heterocycles. The fourth-order valence-electron chi connectivity index (χ4n) is 6.84. The summed E-state index contributed by atoms with van der Waals surface area (Å²) in [5, 5.41) is 11.0. The monoisotopic (exact) mass is 518 g/mol. The van der Waals surface area contributed by atoms with Gasteiger partial charge in [-0.2, -0.15) is 0 Å². The standard InChI is InChI=1S/C33H42O5/c1-20(2)14-16-23-18-32-19-25(31(7,8)37)38-28(32)24(17-15-21(3)4)27(35)33(29(32)36,30(23,5)6)26(34)22-12-10-9-11-13-22/h9-15,23,25,37H,16-19H2,1-8H3/t23-,25-,32-,33+/m1/s1. The van der Waals surface area contributed by atoms with Crippen molar-refractivity contribution in [1.29, 1.82) is 0 Å². The smallest absolute Gasteiger partial charge is 0.184 e. The van der Waals surface area contributed by atoms with E-state index in [1.54, 1.807) is 38.1 Å². The van der Waals surface area contributed by atoms with Gasteiger partial charge in [-0.3, -0.25) is 14.4 Å². The minimum Gasteiger partial charge on any atom is -0.490 e. The molecule has 2 fully saturated rings. The maximum atomic E-state index is 14.9. The maximum Gasteiger partial charge on any atom is 0.184 e. The number of hydrogen-bond acceptors (Lipinski definition) is 5. The zero-order valence-electron chi connectivity index (χ0n) is 24.1. The van der Waals surface area contributed by atoms with Gasteiger partial charge in [0.05, 0.1) is 11.0 Å². The van der Waals surface area contributed by atoms with Crippen LogP contribution in [0.25, 0.3) is 0 Å². The third-order valence-corrected chi connectivity index (χ3v) is 9.16. The molecule has 0 unspecified atom stereocenters. The number of benzene rings is 1. The molecule has 1 saturated carbocycles. The molecule has 5 nitrogen and oxygen atoms in total. The number of allylic oxidation sites excluding steroid dienone is 6. The molecule has 1 spiro atoms. The zero-order valence-corrected chi connectivity index (χ0v) is 24.1. The Bertz CT molecular complexity index is 1250. The predicted octanol–water partition coefficient (Wildman–Crippen LogP) is 6.57. The number of ether oxygens (including phenoxy) is 1. The summed E-state index contributed by atoms with van der Waals surface area (Å²) >= 11 is 0. The molecule has 1 saturated heterocycles. The number of hydrogen-bond donors (Lipinski definition) is 1. The largest absolute Gasteiger partial charge is 0.490 e. The van der Waals surface area contributed by atoms with Gasteiger partial charge in [-0.1, -0.05) is 67.5 Å². The van der Waals surface area contributed by atoms with E-state index in [0.29, 0.717) is 29.7 Å². The van der Waals surface area contributed by atoms with Crippen LogP contribution in [0.3, 0.4) is 0 Å². The van der Waals surface area contributed by atoms with E-state index in [1.165, 1.54) is 0 Å². The van der Waals surface area contributed by atoms with Crippen molar-refractivity contribution in [3.63, 3.8) is 0 Å². The molecule has 4 atom stereocenters. The first-order chi connectivity index (χ1) is 17.6.